The molecule has 1 aliphatic rings. The first kappa shape index (κ1) is 26.1. The average Bonchev–Trinajstić information content (AvgIpc) is 2.79. The minimum Gasteiger partial charge on any atom is -0.496 e. The summed E-state index contributed by atoms with van der Waals surface area (Å²) in [4.78, 5) is 23.7. The van der Waals surface area contributed by atoms with Crippen molar-refractivity contribution in [1.29, 1.82) is 0 Å². The number of thioether (sulfide) groups is 1. The maximum Gasteiger partial charge on any atom is 0.255 e. The van der Waals surface area contributed by atoms with Gasteiger partial charge in [-0.2, -0.15) is 0 Å². The molecule has 2 heterocycles. The average molecular weight is 484 g/mol. The SMILES string of the molecule is COc1cc(N)c(Cl)cc1C(=O)N[C@H]1CCN(CCCSc2ncccn2)C[C@H]1OC.O. The summed E-state index contributed by atoms with van der Waals surface area (Å²) in [6.07, 6.45) is 5.23. The number of benzene rings is 1. The molecule has 176 valence electrons. The van der Waals surface area contributed by atoms with Gasteiger partial charge in [0.1, 0.15) is 5.75 Å². The van der Waals surface area contributed by atoms with E-state index in [0.717, 1.165) is 43.4 Å². The van der Waals surface area contributed by atoms with E-state index < -0.39 is 0 Å². The van der Waals surface area contributed by atoms with Gasteiger partial charge in [-0.15, -0.1) is 0 Å². The summed E-state index contributed by atoms with van der Waals surface area (Å²) in [7, 11) is 3.18. The third-order valence-electron chi connectivity index (χ3n) is 5.22. The summed E-state index contributed by atoms with van der Waals surface area (Å²) in [5.74, 6) is 1.10. The van der Waals surface area contributed by atoms with Gasteiger partial charge in [0, 0.05) is 44.4 Å². The molecular formula is C21H30ClN5O4S. The van der Waals surface area contributed by atoms with Gasteiger partial charge in [0.05, 0.1) is 35.5 Å². The molecule has 9 nitrogen and oxygen atoms in total. The summed E-state index contributed by atoms with van der Waals surface area (Å²) < 4.78 is 11.0. The normalized spacial score (nSPS) is 18.6. The van der Waals surface area contributed by atoms with Crippen LogP contribution in [0.2, 0.25) is 5.02 Å². The predicted octanol–water partition coefficient (Wildman–Crippen LogP) is 1.90. The van der Waals surface area contributed by atoms with Crippen molar-refractivity contribution in [3.8, 4) is 5.75 Å². The topological polar surface area (TPSA) is 134 Å². The van der Waals surface area contributed by atoms with Crippen LogP contribution in [-0.2, 0) is 4.74 Å². The van der Waals surface area contributed by atoms with E-state index in [1.165, 1.54) is 13.2 Å². The Morgan fingerprint density at radius 1 is 1.34 bits per heavy atom. The van der Waals surface area contributed by atoms with Gasteiger partial charge in [0.2, 0.25) is 0 Å². The Bertz CT molecular complexity index is 877. The van der Waals surface area contributed by atoms with Gasteiger partial charge < -0.3 is 30.9 Å². The molecule has 1 aliphatic heterocycles. The molecule has 1 aromatic carbocycles. The fourth-order valence-corrected chi connectivity index (χ4v) is 4.45. The van der Waals surface area contributed by atoms with E-state index in [2.05, 4.69) is 20.2 Å². The number of rotatable bonds is 9. The second-order valence-corrected chi connectivity index (χ2v) is 8.72. The Kier molecular flexibility index (Phi) is 10.5. The predicted molar refractivity (Wildman–Crippen MR) is 127 cm³/mol. The van der Waals surface area contributed by atoms with Crippen LogP contribution in [0.3, 0.4) is 0 Å². The molecule has 1 saturated heterocycles. The second-order valence-electron chi connectivity index (χ2n) is 7.25. The van der Waals surface area contributed by atoms with Gasteiger partial charge >= 0.3 is 0 Å². The van der Waals surface area contributed by atoms with Crippen LogP contribution in [0.15, 0.2) is 35.7 Å². The van der Waals surface area contributed by atoms with Crippen LogP contribution in [0.25, 0.3) is 0 Å². The summed E-state index contributed by atoms with van der Waals surface area (Å²) in [5, 5.41) is 4.20. The lowest BCUT2D eigenvalue weighted by Crippen LogP contribution is -2.55. The number of aromatic nitrogens is 2. The number of carbonyl (C=O) groups excluding carboxylic acids is 1. The number of halogens is 1. The maximum atomic E-state index is 12.9. The van der Waals surface area contributed by atoms with Crippen molar-refractivity contribution >= 4 is 35.0 Å². The van der Waals surface area contributed by atoms with E-state index in [4.69, 9.17) is 26.8 Å². The molecule has 11 heteroatoms. The van der Waals surface area contributed by atoms with Crippen LogP contribution in [0.1, 0.15) is 23.2 Å². The highest BCUT2D eigenvalue weighted by molar-refractivity contribution is 7.99. The molecule has 0 unspecified atom stereocenters. The molecule has 0 spiro atoms. The number of ether oxygens (including phenoxy) is 2. The molecule has 3 rings (SSSR count). The van der Waals surface area contributed by atoms with Crippen molar-refractivity contribution in [2.24, 2.45) is 0 Å². The summed E-state index contributed by atoms with van der Waals surface area (Å²) >= 11 is 7.76. The highest BCUT2D eigenvalue weighted by Gasteiger charge is 2.31. The van der Waals surface area contributed by atoms with Gasteiger partial charge in [-0.1, -0.05) is 23.4 Å². The van der Waals surface area contributed by atoms with E-state index in [1.807, 2.05) is 6.07 Å². The number of nitrogens with zero attached hydrogens (tertiary/aromatic N) is 3. The molecule has 0 bridgehead atoms. The minimum atomic E-state index is -0.251. The summed E-state index contributed by atoms with van der Waals surface area (Å²) in [5.41, 5.74) is 6.54. The Labute approximate surface area is 197 Å². The van der Waals surface area contributed by atoms with Crippen LogP contribution < -0.4 is 15.8 Å². The van der Waals surface area contributed by atoms with Crippen LogP contribution in [-0.4, -0.2) is 78.0 Å². The molecule has 2 atom stereocenters. The molecule has 5 N–H and O–H groups in total. The van der Waals surface area contributed by atoms with E-state index in [-0.39, 0.29) is 23.5 Å². The van der Waals surface area contributed by atoms with Gasteiger partial charge in [-0.05, 0) is 31.5 Å². The second kappa shape index (κ2) is 12.8. The largest absolute Gasteiger partial charge is 0.496 e. The van der Waals surface area contributed by atoms with Crippen LogP contribution in [0, 0.1) is 0 Å². The number of amides is 1. The van der Waals surface area contributed by atoms with Gasteiger partial charge in [-0.25, -0.2) is 9.97 Å². The quantitative estimate of drug-likeness (QED) is 0.239. The Morgan fingerprint density at radius 2 is 2.09 bits per heavy atom. The third-order valence-corrected chi connectivity index (χ3v) is 6.51. The molecule has 0 radical (unpaired) electrons. The number of nitrogens with two attached hydrogens (primary N) is 1. The fraction of sp³-hybridized carbons (Fsp3) is 0.476. The molecular weight excluding hydrogens is 454 g/mol. The van der Waals surface area contributed by atoms with Crippen LogP contribution in [0.4, 0.5) is 5.69 Å². The number of nitrogen functional groups attached to an aromatic ring is 1. The Hall–Kier alpha value is -2.11. The molecule has 1 fully saturated rings. The van der Waals surface area contributed by atoms with E-state index >= 15 is 0 Å². The van der Waals surface area contributed by atoms with Gasteiger partial charge in [-0.3, -0.25) is 4.79 Å². The lowest BCUT2D eigenvalue weighted by Gasteiger charge is -2.38. The molecule has 32 heavy (non-hydrogen) atoms. The van der Waals surface area contributed by atoms with E-state index in [9.17, 15) is 4.79 Å². The minimum absolute atomic E-state index is 0. The third kappa shape index (κ3) is 6.94. The molecule has 0 saturated carbocycles. The number of nitrogens with one attached hydrogen (secondary N) is 1. The number of piperidine rings is 1. The Balaban J connectivity index is 0.00000363. The van der Waals surface area contributed by atoms with Gasteiger partial charge in [0.25, 0.3) is 5.91 Å². The van der Waals surface area contributed by atoms with Crippen molar-refractivity contribution in [3.05, 3.63) is 41.2 Å². The summed E-state index contributed by atoms with van der Waals surface area (Å²) in [6.45, 7) is 2.60. The zero-order chi connectivity index (χ0) is 22.2. The maximum absolute atomic E-state index is 12.9. The van der Waals surface area contributed by atoms with Crippen molar-refractivity contribution in [2.45, 2.75) is 30.1 Å². The van der Waals surface area contributed by atoms with E-state index in [1.54, 1.807) is 37.3 Å². The number of methoxy groups -OCH3 is 2. The Morgan fingerprint density at radius 3 is 2.78 bits per heavy atom. The number of hydrogen-bond donors (Lipinski definition) is 2. The number of carbonyl (C=O) groups is 1. The van der Waals surface area contributed by atoms with E-state index in [0.29, 0.717) is 22.0 Å². The first-order valence-electron chi connectivity index (χ1n) is 10.1. The highest BCUT2D eigenvalue weighted by atomic mass is 35.5. The van der Waals surface area contributed by atoms with Crippen molar-refractivity contribution in [2.75, 3.05) is 45.3 Å². The molecule has 1 aromatic heterocycles. The first-order valence-corrected chi connectivity index (χ1v) is 11.5. The smallest absolute Gasteiger partial charge is 0.255 e. The monoisotopic (exact) mass is 483 g/mol. The first-order chi connectivity index (χ1) is 15.0. The van der Waals surface area contributed by atoms with Crippen molar-refractivity contribution < 1.29 is 19.7 Å². The molecule has 0 aliphatic carbocycles. The van der Waals surface area contributed by atoms with Gasteiger partial charge in [0.15, 0.2) is 5.16 Å². The van der Waals surface area contributed by atoms with Crippen molar-refractivity contribution in [3.63, 3.8) is 0 Å². The summed E-state index contributed by atoms with van der Waals surface area (Å²) in [6, 6.07) is 4.82. The van der Waals surface area contributed by atoms with Crippen LogP contribution >= 0.6 is 23.4 Å². The van der Waals surface area contributed by atoms with Crippen molar-refractivity contribution in [1.82, 2.24) is 20.2 Å². The molecule has 1 amide bonds. The van der Waals surface area contributed by atoms with Crippen LogP contribution in [0.5, 0.6) is 5.75 Å². The fourth-order valence-electron chi connectivity index (χ4n) is 3.56. The zero-order valence-corrected chi connectivity index (χ0v) is 19.8. The standard InChI is InChI=1S/C21H28ClN5O3S.H2O/c1-29-18-12-16(23)15(22)11-14(18)20(28)26-17-5-9-27(13-19(17)30-2)8-4-10-31-21-24-6-3-7-25-21;/h3,6-7,11-12,17,19H,4-5,8-10,13,23H2,1-2H3,(H,26,28);1H2/t17-,19+;/m0./s1. The lowest BCUT2D eigenvalue weighted by molar-refractivity contribution is 0.00655. The zero-order valence-electron chi connectivity index (χ0n) is 18.2. The molecule has 2 aromatic rings. The number of hydrogen-bond acceptors (Lipinski definition) is 8. The number of anilines is 1. The lowest BCUT2D eigenvalue weighted by atomic mass is 10.0. The highest BCUT2D eigenvalue weighted by Crippen LogP contribution is 2.29. The number of likely N-dealkylation sites (tertiary alicyclic amines) is 1.